The number of hydrazone groups is 1. The molecule has 2 rings (SSSR count). The molecule has 3 unspecified atom stereocenters. The Hall–Kier alpha value is -1.24. The summed E-state index contributed by atoms with van der Waals surface area (Å²) < 4.78 is 0. The van der Waals surface area contributed by atoms with Crippen LogP contribution in [-0.2, 0) is 9.59 Å². The van der Waals surface area contributed by atoms with Crippen LogP contribution in [0.1, 0.15) is 39.0 Å². The number of amides is 1. The van der Waals surface area contributed by atoms with Crippen molar-refractivity contribution in [3.05, 3.63) is 0 Å². The van der Waals surface area contributed by atoms with E-state index in [2.05, 4.69) is 15.8 Å². The highest BCUT2D eigenvalue weighted by atomic mass is 32.2. The van der Waals surface area contributed by atoms with Gasteiger partial charge in [-0.25, -0.2) is 0 Å². The highest BCUT2D eigenvalue weighted by Crippen LogP contribution is 2.30. The maximum atomic E-state index is 12.2. The van der Waals surface area contributed by atoms with Gasteiger partial charge in [-0.1, -0.05) is 31.5 Å². The molecule has 2 aliphatic rings. The molecule has 0 saturated heterocycles. The van der Waals surface area contributed by atoms with E-state index in [1.54, 1.807) is 0 Å². The van der Waals surface area contributed by atoms with E-state index in [0.29, 0.717) is 18.0 Å². The van der Waals surface area contributed by atoms with Crippen molar-refractivity contribution >= 4 is 28.8 Å². The van der Waals surface area contributed by atoms with Crippen molar-refractivity contribution in [1.82, 2.24) is 10.7 Å². The normalized spacial score (nSPS) is 30.4. The van der Waals surface area contributed by atoms with Crippen molar-refractivity contribution in [2.24, 2.45) is 16.9 Å². The SMILES string of the molecule is CCC1NN=C(NC(=O)C2CCCCC2C(=O)O)S1. The highest BCUT2D eigenvalue weighted by molar-refractivity contribution is 8.14. The molecular formula is C12H19N3O3S. The van der Waals surface area contributed by atoms with Crippen molar-refractivity contribution < 1.29 is 14.7 Å². The van der Waals surface area contributed by atoms with Crippen molar-refractivity contribution in [1.29, 1.82) is 0 Å². The fourth-order valence-corrected chi connectivity index (χ4v) is 3.29. The molecule has 6 nitrogen and oxygen atoms in total. The molecule has 1 fully saturated rings. The topological polar surface area (TPSA) is 90.8 Å². The van der Waals surface area contributed by atoms with E-state index in [1.807, 2.05) is 6.92 Å². The Morgan fingerprint density at radius 2 is 2.11 bits per heavy atom. The largest absolute Gasteiger partial charge is 0.481 e. The maximum Gasteiger partial charge on any atom is 0.307 e. The quantitative estimate of drug-likeness (QED) is 0.728. The molecule has 0 aromatic rings. The minimum atomic E-state index is -0.870. The van der Waals surface area contributed by atoms with Gasteiger partial charge in [0, 0.05) is 0 Å². The zero-order valence-electron chi connectivity index (χ0n) is 10.9. The summed E-state index contributed by atoms with van der Waals surface area (Å²) in [6, 6.07) is 0. The summed E-state index contributed by atoms with van der Waals surface area (Å²) in [6.07, 6.45) is 3.94. The smallest absolute Gasteiger partial charge is 0.307 e. The van der Waals surface area contributed by atoms with Crippen LogP contribution in [0.3, 0.4) is 0 Å². The van der Waals surface area contributed by atoms with Crippen LogP contribution in [0.2, 0.25) is 0 Å². The van der Waals surface area contributed by atoms with Crippen LogP contribution in [0.5, 0.6) is 0 Å². The lowest BCUT2D eigenvalue weighted by atomic mass is 9.79. The number of hydrogen-bond donors (Lipinski definition) is 3. The number of rotatable bonds is 3. The average molecular weight is 285 g/mol. The van der Waals surface area contributed by atoms with Gasteiger partial charge in [-0.3, -0.25) is 15.0 Å². The Kier molecular flexibility index (Phi) is 4.68. The molecule has 3 N–H and O–H groups in total. The van der Waals surface area contributed by atoms with E-state index >= 15 is 0 Å². The monoisotopic (exact) mass is 285 g/mol. The third-order valence-electron chi connectivity index (χ3n) is 3.58. The Morgan fingerprint density at radius 1 is 1.42 bits per heavy atom. The van der Waals surface area contributed by atoms with Gasteiger partial charge >= 0.3 is 5.97 Å². The van der Waals surface area contributed by atoms with Crippen molar-refractivity contribution in [3.8, 4) is 0 Å². The molecule has 1 aliphatic carbocycles. The zero-order valence-corrected chi connectivity index (χ0v) is 11.7. The summed E-state index contributed by atoms with van der Waals surface area (Å²) in [4.78, 5) is 23.3. The number of carboxylic acid groups (broad SMARTS) is 1. The second-order valence-electron chi connectivity index (χ2n) is 4.89. The van der Waals surface area contributed by atoms with Gasteiger partial charge in [-0.15, -0.1) is 0 Å². The van der Waals surface area contributed by atoms with Gasteiger partial charge in [-0.2, -0.15) is 5.10 Å². The van der Waals surface area contributed by atoms with E-state index in [1.165, 1.54) is 11.8 Å². The summed E-state index contributed by atoms with van der Waals surface area (Å²) in [7, 11) is 0. The van der Waals surface area contributed by atoms with E-state index in [-0.39, 0.29) is 11.3 Å². The molecule has 3 atom stereocenters. The van der Waals surface area contributed by atoms with Gasteiger partial charge in [0.25, 0.3) is 0 Å². The number of thioether (sulfide) groups is 1. The lowest BCUT2D eigenvalue weighted by molar-refractivity contribution is -0.148. The van der Waals surface area contributed by atoms with Gasteiger partial charge in [-0.05, 0) is 19.3 Å². The first-order chi connectivity index (χ1) is 9.11. The fourth-order valence-electron chi connectivity index (χ4n) is 2.49. The molecule has 0 aromatic heterocycles. The summed E-state index contributed by atoms with van der Waals surface area (Å²) in [5.74, 6) is -2.08. The first kappa shape index (κ1) is 14.2. The number of nitrogens with one attached hydrogen (secondary N) is 2. The number of carboxylic acids is 1. The van der Waals surface area contributed by atoms with Crippen molar-refractivity contribution in [2.75, 3.05) is 0 Å². The molecule has 106 valence electrons. The number of amidine groups is 1. The second kappa shape index (κ2) is 6.27. The Bertz CT molecular complexity index is 400. The number of aliphatic carboxylic acids is 1. The predicted molar refractivity (Wildman–Crippen MR) is 73.5 cm³/mol. The molecule has 1 aliphatic heterocycles. The Balaban J connectivity index is 1.93. The molecule has 0 spiro atoms. The minimum Gasteiger partial charge on any atom is -0.481 e. The standard InChI is InChI=1S/C12H19N3O3S/c1-2-9-14-15-12(19-9)13-10(16)7-5-3-4-6-8(7)11(17)18/h7-9,14H,2-6H2,1H3,(H,17,18)(H,13,15,16). The van der Waals surface area contributed by atoms with Gasteiger partial charge < -0.3 is 10.4 Å². The molecule has 7 heteroatoms. The third-order valence-corrected chi connectivity index (χ3v) is 4.72. The highest BCUT2D eigenvalue weighted by Gasteiger charge is 2.36. The molecule has 1 saturated carbocycles. The van der Waals surface area contributed by atoms with Crippen LogP contribution in [0, 0.1) is 11.8 Å². The van der Waals surface area contributed by atoms with Gasteiger partial charge in [0.15, 0.2) is 5.17 Å². The van der Waals surface area contributed by atoms with Crippen LogP contribution in [-0.4, -0.2) is 27.5 Å². The third kappa shape index (κ3) is 3.40. The molecule has 1 amide bonds. The van der Waals surface area contributed by atoms with Gasteiger partial charge in [0.1, 0.15) is 0 Å². The van der Waals surface area contributed by atoms with E-state index < -0.39 is 17.8 Å². The molecule has 0 bridgehead atoms. The van der Waals surface area contributed by atoms with Crippen molar-refractivity contribution in [3.63, 3.8) is 0 Å². The van der Waals surface area contributed by atoms with Crippen LogP contribution in [0.15, 0.2) is 5.10 Å². The van der Waals surface area contributed by atoms with E-state index in [9.17, 15) is 14.7 Å². The van der Waals surface area contributed by atoms with Gasteiger partial charge in [0.05, 0.1) is 17.2 Å². The predicted octanol–water partition coefficient (Wildman–Crippen LogP) is 1.34. The van der Waals surface area contributed by atoms with Gasteiger partial charge in [0.2, 0.25) is 5.91 Å². The Labute approximate surface area is 116 Å². The zero-order chi connectivity index (χ0) is 13.8. The summed E-state index contributed by atoms with van der Waals surface area (Å²) in [5.41, 5.74) is 2.92. The number of nitrogens with zero attached hydrogens (tertiary/aromatic N) is 1. The molecular weight excluding hydrogens is 266 g/mol. The van der Waals surface area contributed by atoms with E-state index in [0.717, 1.165) is 19.3 Å². The number of carbonyl (C=O) groups is 2. The molecule has 0 aromatic carbocycles. The van der Waals surface area contributed by atoms with Crippen LogP contribution >= 0.6 is 11.8 Å². The average Bonchev–Trinajstić information content (AvgIpc) is 2.86. The number of hydrogen-bond acceptors (Lipinski definition) is 5. The first-order valence-electron chi connectivity index (χ1n) is 6.65. The Morgan fingerprint density at radius 3 is 2.68 bits per heavy atom. The minimum absolute atomic E-state index is 0.192. The molecule has 1 heterocycles. The van der Waals surface area contributed by atoms with E-state index in [4.69, 9.17) is 0 Å². The molecule has 0 radical (unpaired) electrons. The van der Waals surface area contributed by atoms with Crippen LogP contribution in [0.4, 0.5) is 0 Å². The first-order valence-corrected chi connectivity index (χ1v) is 7.53. The lowest BCUT2D eigenvalue weighted by Gasteiger charge is -2.27. The summed E-state index contributed by atoms with van der Waals surface area (Å²) >= 11 is 1.47. The van der Waals surface area contributed by atoms with Crippen LogP contribution in [0.25, 0.3) is 0 Å². The summed E-state index contributed by atoms with van der Waals surface area (Å²) in [5, 5.41) is 16.7. The fraction of sp³-hybridized carbons (Fsp3) is 0.750. The molecule has 19 heavy (non-hydrogen) atoms. The maximum absolute atomic E-state index is 12.2. The second-order valence-corrected chi connectivity index (χ2v) is 6.08. The number of carbonyl (C=O) groups excluding carboxylic acids is 1. The van der Waals surface area contributed by atoms with Crippen LogP contribution < -0.4 is 10.7 Å². The van der Waals surface area contributed by atoms with Crippen molar-refractivity contribution in [2.45, 2.75) is 44.4 Å². The summed E-state index contributed by atoms with van der Waals surface area (Å²) in [6.45, 7) is 2.03. The lowest BCUT2D eigenvalue weighted by Crippen LogP contribution is -2.41.